The van der Waals surface area contributed by atoms with E-state index in [2.05, 4.69) is 41.9 Å². The van der Waals surface area contributed by atoms with Crippen molar-refractivity contribution < 1.29 is 0 Å². The number of nitrogens with two attached hydrogens (primary N) is 1. The Labute approximate surface area is 96.5 Å². The predicted octanol–water partition coefficient (Wildman–Crippen LogP) is 2.18. The van der Waals surface area contributed by atoms with E-state index in [4.69, 9.17) is 5.73 Å². The smallest absolute Gasteiger partial charge is 0.0500 e. The Hall–Kier alpha value is -1.48. The van der Waals surface area contributed by atoms with Gasteiger partial charge < -0.3 is 15.2 Å². The molecule has 0 aliphatic heterocycles. The lowest BCUT2D eigenvalue weighted by Crippen LogP contribution is -2.14. The lowest BCUT2D eigenvalue weighted by Gasteiger charge is -2.10. The SMILES string of the molecule is CN(C)CCCn1ccc2ccc(N)cc21. The second kappa shape index (κ2) is 4.58. The number of rotatable bonds is 4. The molecule has 0 unspecified atom stereocenters. The summed E-state index contributed by atoms with van der Waals surface area (Å²) < 4.78 is 2.27. The second-order valence-corrected chi connectivity index (χ2v) is 4.48. The maximum atomic E-state index is 5.81. The molecule has 0 fully saturated rings. The minimum Gasteiger partial charge on any atom is -0.399 e. The van der Waals surface area contributed by atoms with Gasteiger partial charge in [0, 0.05) is 18.4 Å². The van der Waals surface area contributed by atoms with Gasteiger partial charge in [0.25, 0.3) is 0 Å². The molecule has 0 spiro atoms. The van der Waals surface area contributed by atoms with E-state index in [1.807, 2.05) is 12.1 Å². The molecule has 2 rings (SSSR count). The fourth-order valence-electron chi connectivity index (χ4n) is 1.95. The normalized spacial score (nSPS) is 11.4. The van der Waals surface area contributed by atoms with Crippen molar-refractivity contribution in [3.8, 4) is 0 Å². The topological polar surface area (TPSA) is 34.2 Å². The van der Waals surface area contributed by atoms with Gasteiger partial charge in [0.2, 0.25) is 0 Å². The minimum atomic E-state index is 0.833. The molecule has 0 saturated carbocycles. The number of nitrogens with zero attached hydrogens (tertiary/aromatic N) is 2. The number of benzene rings is 1. The van der Waals surface area contributed by atoms with Crippen LogP contribution in [0.5, 0.6) is 0 Å². The summed E-state index contributed by atoms with van der Waals surface area (Å²) in [6.45, 7) is 2.16. The highest BCUT2D eigenvalue weighted by Crippen LogP contribution is 2.19. The standard InChI is InChI=1S/C13H19N3/c1-15(2)7-3-8-16-9-6-11-4-5-12(14)10-13(11)16/h4-6,9-10H,3,7-8,14H2,1-2H3. The first-order chi connectivity index (χ1) is 7.66. The van der Waals surface area contributed by atoms with E-state index in [0.29, 0.717) is 0 Å². The Balaban J connectivity index is 2.15. The first kappa shape index (κ1) is 11.0. The van der Waals surface area contributed by atoms with Crippen molar-refractivity contribution >= 4 is 16.6 Å². The molecule has 3 heteroatoms. The maximum Gasteiger partial charge on any atom is 0.0500 e. The molecule has 0 radical (unpaired) electrons. The van der Waals surface area contributed by atoms with Gasteiger partial charge >= 0.3 is 0 Å². The van der Waals surface area contributed by atoms with Gasteiger partial charge in [-0.05, 0) is 50.6 Å². The molecule has 0 saturated heterocycles. The average molecular weight is 217 g/mol. The molecule has 1 heterocycles. The Morgan fingerprint density at radius 2 is 2.06 bits per heavy atom. The number of hydrogen-bond acceptors (Lipinski definition) is 2. The van der Waals surface area contributed by atoms with Gasteiger partial charge in [0.05, 0.1) is 5.52 Å². The van der Waals surface area contributed by atoms with Crippen molar-refractivity contribution in [3.05, 3.63) is 30.5 Å². The number of fused-ring (bicyclic) bond motifs is 1. The lowest BCUT2D eigenvalue weighted by molar-refractivity contribution is 0.388. The van der Waals surface area contributed by atoms with E-state index in [1.54, 1.807) is 0 Å². The molecule has 16 heavy (non-hydrogen) atoms. The molecule has 1 aromatic heterocycles. The average Bonchev–Trinajstić information content (AvgIpc) is 2.60. The number of aryl methyl sites for hydroxylation is 1. The lowest BCUT2D eigenvalue weighted by atomic mass is 10.2. The van der Waals surface area contributed by atoms with Crippen molar-refractivity contribution in [2.24, 2.45) is 0 Å². The quantitative estimate of drug-likeness (QED) is 0.796. The van der Waals surface area contributed by atoms with Crippen LogP contribution in [0.25, 0.3) is 10.9 Å². The molecular formula is C13H19N3. The van der Waals surface area contributed by atoms with Crippen LogP contribution in [0.1, 0.15) is 6.42 Å². The zero-order valence-corrected chi connectivity index (χ0v) is 9.98. The fraction of sp³-hybridized carbons (Fsp3) is 0.385. The molecule has 3 nitrogen and oxygen atoms in total. The van der Waals surface area contributed by atoms with Crippen LogP contribution in [-0.2, 0) is 6.54 Å². The van der Waals surface area contributed by atoms with E-state index in [-0.39, 0.29) is 0 Å². The van der Waals surface area contributed by atoms with Gasteiger partial charge in [-0.3, -0.25) is 0 Å². The summed E-state index contributed by atoms with van der Waals surface area (Å²) in [6.07, 6.45) is 3.30. The van der Waals surface area contributed by atoms with Crippen molar-refractivity contribution in [1.29, 1.82) is 0 Å². The third-order valence-electron chi connectivity index (χ3n) is 2.80. The molecule has 0 amide bonds. The van der Waals surface area contributed by atoms with Crippen LogP contribution in [0.4, 0.5) is 5.69 Å². The number of aromatic nitrogens is 1. The van der Waals surface area contributed by atoms with E-state index in [9.17, 15) is 0 Å². The zero-order valence-electron chi connectivity index (χ0n) is 9.98. The molecular weight excluding hydrogens is 198 g/mol. The first-order valence-electron chi connectivity index (χ1n) is 5.66. The monoisotopic (exact) mass is 217 g/mol. The molecule has 0 bridgehead atoms. The van der Waals surface area contributed by atoms with E-state index < -0.39 is 0 Å². The van der Waals surface area contributed by atoms with Crippen LogP contribution in [0.2, 0.25) is 0 Å². The summed E-state index contributed by atoms with van der Waals surface area (Å²) in [4.78, 5) is 2.21. The molecule has 0 aliphatic rings. The number of anilines is 1. The second-order valence-electron chi connectivity index (χ2n) is 4.48. The molecule has 86 valence electrons. The summed E-state index contributed by atoms with van der Waals surface area (Å²) in [6, 6.07) is 8.22. The summed E-state index contributed by atoms with van der Waals surface area (Å²) in [5.41, 5.74) is 7.88. The summed E-state index contributed by atoms with van der Waals surface area (Å²) >= 11 is 0. The van der Waals surface area contributed by atoms with Gasteiger partial charge in [-0.25, -0.2) is 0 Å². The third kappa shape index (κ3) is 2.36. The summed E-state index contributed by atoms with van der Waals surface area (Å²) in [7, 11) is 4.21. The van der Waals surface area contributed by atoms with Crippen molar-refractivity contribution in [2.75, 3.05) is 26.4 Å². The third-order valence-corrected chi connectivity index (χ3v) is 2.80. The molecule has 2 N–H and O–H groups in total. The molecule has 0 atom stereocenters. The van der Waals surface area contributed by atoms with Crippen molar-refractivity contribution in [2.45, 2.75) is 13.0 Å². The van der Waals surface area contributed by atoms with Gasteiger partial charge in [-0.1, -0.05) is 6.07 Å². The van der Waals surface area contributed by atoms with Gasteiger partial charge in [-0.15, -0.1) is 0 Å². The Morgan fingerprint density at radius 3 is 2.81 bits per heavy atom. The highest BCUT2D eigenvalue weighted by molar-refractivity contribution is 5.83. The largest absolute Gasteiger partial charge is 0.399 e. The van der Waals surface area contributed by atoms with Gasteiger partial charge in [0.1, 0.15) is 0 Å². The van der Waals surface area contributed by atoms with Crippen LogP contribution >= 0.6 is 0 Å². The molecule has 1 aromatic carbocycles. The van der Waals surface area contributed by atoms with Gasteiger partial charge in [-0.2, -0.15) is 0 Å². The Kier molecular flexibility index (Phi) is 3.15. The van der Waals surface area contributed by atoms with Crippen molar-refractivity contribution in [1.82, 2.24) is 9.47 Å². The highest BCUT2D eigenvalue weighted by Gasteiger charge is 2.01. The fourth-order valence-corrected chi connectivity index (χ4v) is 1.95. The predicted molar refractivity (Wildman–Crippen MR) is 69.5 cm³/mol. The van der Waals surface area contributed by atoms with Crippen LogP contribution in [0.15, 0.2) is 30.5 Å². The van der Waals surface area contributed by atoms with Crippen LogP contribution in [0, 0.1) is 0 Å². The number of hydrogen-bond donors (Lipinski definition) is 1. The Morgan fingerprint density at radius 1 is 1.25 bits per heavy atom. The molecule has 2 aromatic rings. The minimum absolute atomic E-state index is 0.833. The highest BCUT2D eigenvalue weighted by atomic mass is 15.1. The zero-order chi connectivity index (χ0) is 11.5. The maximum absolute atomic E-state index is 5.81. The first-order valence-corrected chi connectivity index (χ1v) is 5.66. The molecule has 0 aliphatic carbocycles. The van der Waals surface area contributed by atoms with Gasteiger partial charge in [0.15, 0.2) is 0 Å². The van der Waals surface area contributed by atoms with E-state index in [1.165, 1.54) is 10.9 Å². The Bertz CT molecular complexity index is 471. The van der Waals surface area contributed by atoms with Crippen LogP contribution < -0.4 is 5.73 Å². The van der Waals surface area contributed by atoms with E-state index >= 15 is 0 Å². The van der Waals surface area contributed by atoms with Crippen LogP contribution in [-0.4, -0.2) is 30.1 Å². The van der Waals surface area contributed by atoms with Crippen LogP contribution in [0.3, 0.4) is 0 Å². The summed E-state index contributed by atoms with van der Waals surface area (Å²) in [5, 5.41) is 1.26. The summed E-state index contributed by atoms with van der Waals surface area (Å²) in [5.74, 6) is 0. The number of nitrogen functional groups attached to an aromatic ring is 1. The van der Waals surface area contributed by atoms with E-state index in [0.717, 1.165) is 25.2 Å². The van der Waals surface area contributed by atoms with Crippen molar-refractivity contribution in [3.63, 3.8) is 0 Å².